The Morgan fingerprint density at radius 2 is 1.81 bits per heavy atom. The van der Waals surface area contributed by atoms with Gasteiger partial charge in [0.05, 0.1) is 25.3 Å². The quantitative estimate of drug-likeness (QED) is 0.404. The summed E-state index contributed by atoms with van der Waals surface area (Å²) in [6, 6.07) is 10.6. The Kier molecular flexibility index (Phi) is 6.60. The lowest BCUT2D eigenvalue weighted by Crippen LogP contribution is -2.32. The van der Waals surface area contributed by atoms with E-state index in [2.05, 4.69) is 0 Å². The lowest BCUT2D eigenvalue weighted by molar-refractivity contribution is -0.140. The van der Waals surface area contributed by atoms with Crippen molar-refractivity contribution < 1.29 is 29.3 Å². The molecule has 0 aliphatic carbocycles. The summed E-state index contributed by atoms with van der Waals surface area (Å²) in [4.78, 5) is 27.2. The van der Waals surface area contributed by atoms with E-state index in [0.717, 1.165) is 5.56 Å². The summed E-state index contributed by atoms with van der Waals surface area (Å²) in [5.74, 6) is -1.11. The van der Waals surface area contributed by atoms with E-state index in [-0.39, 0.29) is 35.6 Å². The number of aromatic hydroxyl groups is 1. The third-order valence-corrected chi connectivity index (χ3v) is 5.54. The van der Waals surface area contributed by atoms with Gasteiger partial charge in [0.2, 0.25) is 0 Å². The normalized spacial score (nSPS) is 18.3. The first-order valence-corrected chi connectivity index (χ1v) is 10.3. The lowest BCUT2D eigenvalue weighted by Gasteiger charge is -2.25. The van der Waals surface area contributed by atoms with Gasteiger partial charge in [-0.2, -0.15) is 0 Å². The molecule has 2 N–H and O–H groups in total. The van der Waals surface area contributed by atoms with Gasteiger partial charge < -0.3 is 24.6 Å². The SMILES string of the molecule is COCCN1C(=O)C(=O)/C(=C(\O)c2ccc(OC)c(C(C)(C)C)c2)C1c1cccc(O)c1. The minimum absolute atomic E-state index is 0.000652. The number of methoxy groups -OCH3 is 2. The second-order valence-corrected chi connectivity index (χ2v) is 8.75. The van der Waals surface area contributed by atoms with Crippen LogP contribution in [-0.2, 0) is 19.7 Å². The number of phenols is 1. The van der Waals surface area contributed by atoms with Gasteiger partial charge in [-0.05, 0) is 41.3 Å². The Morgan fingerprint density at radius 1 is 1.09 bits per heavy atom. The van der Waals surface area contributed by atoms with Crippen LogP contribution in [0.5, 0.6) is 11.5 Å². The van der Waals surface area contributed by atoms with E-state index in [1.165, 1.54) is 24.1 Å². The predicted octanol–water partition coefficient (Wildman–Crippen LogP) is 3.77. The number of nitrogens with zero attached hydrogens (tertiary/aromatic N) is 1. The van der Waals surface area contributed by atoms with E-state index in [4.69, 9.17) is 9.47 Å². The number of Topliss-reactive ketones (excluding diaryl/α,β-unsaturated/α-hetero) is 1. The molecule has 170 valence electrons. The van der Waals surface area contributed by atoms with Gasteiger partial charge in [0.25, 0.3) is 11.7 Å². The molecule has 1 atom stereocenters. The lowest BCUT2D eigenvalue weighted by atomic mass is 9.84. The molecule has 2 aromatic carbocycles. The van der Waals surface area contributed by atoms with Crippen LogP contribution in [0.3, 0.4) is 0 Å². The third-order valence-electron chi connectivity index (χ3n) is 5.54. The Morgan fingerprint density at radius 3 is 2.41 bits per heavy atom. The van der Waals surface area contributed by atoms with E-state index in [9.17, 15) is 19.8 Å². The second kappa shape index (κ2) is 9.04. The number of carbonyl (C=O) groups excluding carboxylic acids is 2. The zero-order chi connectivity index (χ0) is 23.6. The first-order valence-electron chi connectivity index (χ1n) is 10.3. The molecule has 32 heavy (non-hydrogen) atoms. The van der Waals surface area contributed by atoms with Crippen LogP contribution in [0, 0.1) is 0 Å². The largest absolute Gasteiger partial charge is 0.508 e. The van der Waals surface area contributed by atoms with Gasteiger partial charge in [0.1, 0.15) is 17.3 Å². The van der Waals surface area contributed by atoms with Crippen molar-refractivity contribution in [2.24, 2.45) is 0 Å². The highest BCUT2D eigenvalue weighted by atomic mass is 16.5. The van der Waals surface area contributed by atoms with Crippen LogP contribution in [-0.4, -0.2) is 54.2 Å². The van der Waals surface area contributed by atoms with Crippen LogP contribution in [0.25, 0.3) is 5.76 Å². The number of aliphatic hydroxyl groups is 1. The van der Waals surface area contributed by atoms with Gasteiger partial charge in [-0.1, -0.05) is 32.9 Å². The third kappa shape index (κ3) is 4.34. The Balaban J connectivity index is 2.22. The summed E-state index contributed by atoms with van der Waals surface area (Å²) in [5, 5.41) is 21.2. The summed E-state index contributed by atoms with van der Waals surface area (Å²) < 4.78 is 10.6. The molecular weight excluding hydrogens is 410 g/mol. The van der Waals surface area contributed by atoms with Gasteiger partial charge in [-0.15, -0.1) is 0 Å². The molecule has 2 aromatic rings. The molecule has 1 unspecified atom stereocenters. The number of phenolic OH excluding ortho intramolecular Hbond substituents is 1. The summed E-state index contributed by atoms with van der Waals surface area (Å²) >= 11 is 0. The molecule has 1 amide bonds. The van der Waals surface area contributed by atoms with Crippen LogP contribution in [0.15, 0.2) is 48.0 Å². The zero-order valence-corrected chi connectivity index (χ0v) is 19.0. The summed E-state index contributed by atoms with van der Waals surface area (Å²) in [7, 11) is 3.08. The number of ether oxygens (including phenoxy) is 2. The molecule has 1 aliphatic heterocycles. The molecule has 0 saturated carbocycles. The number of aliphatic hydroxyl groups excluding tert-OH is 1. The fourth-order valence-corrected chi connectivity index (χ4v) is 3.94. The van der Waals surface area contributed by atoms with Gasteiger partial charge in [-0.25, -0.2) is 0 Å². The summed E-state index contributed by atoms with van der Waals surface area (Å²) in [6.07, 6.45) is 0. The number of hydrogen-bond donors (Lipinski definition) is 2. The van der Waals surface area contributed by atoms with Crippen molar-refractivity contribution >= 4 is 17.4 Å². The number of rotatable bonds is 6. The summed E-state index contributed by atoms with van der Waals surface area (Å²) in [5.41, 5.74) is 1.47. The molecule has 1 heterocycles. The van der Waals surface area contributed by atoms with Gasteiger partial charge in [0, 0.05) is 24.8 Å². The van der Waals surface area contributed by atoms with Crippen molar-refractivity contribution in [2.75, 3.05) is 27.4 Å². The maximum atomic E-state index is 13.0. The molecule has 3 rings (SSSR count). The van der Waals surface area contributed by atoms with Crippen LogP contribution < -0.4 is 4.74 Å². The molecule has 7 heteroatoms. The Hall–Kier alpha value is -3.32. The number of amides is 1. The van der Waals surface area contributed by atoms with Crippen LogP contribution in [0.1, 0.15) is 43.5 Å². The molecule has 0 aromatic heterocycles. The molecule has 1 saturated heterocycles. The minimum atomic E-state index is -0.850. The van der Waals surface area contributed by atoms with Crippen molar-refractivity contribution in [3.05, 3.63) is 64.7 Å². The number of likely N-dealkylation sites (tertiary alicyclic amines) is 1. The molecule has 1 fully saturated rings. The highest BCUT2D eigenvalue weighted by Crippen LogP contribution is 2.41. The first kappa shape index (κ1) is 23.3. The van der Waals surface area contributed by atoms with Crippen LogP contribution in [0.4, 0.5) is 0 Å². The zero-order valence-electron chi connectivity index (χ0n) is 19.0. The topological polar surface area (TPSA) is 96.3 Å². The van der Waals surface area contributed by atoms with E-state index in [0.29, 0.717) is 16.9 Å². The maximum Gasteiger partial charge on any atom is 0.295 e. The Bertz CT molecular complexity index is 1070. The molecule has 0 spiro atoms. The van der Waals surface area contributed by atoms with Crippen molar-refractivity contribution in [3.8, 4) is 11.5 Å². The van der Waals surface area contributed by atoms with Gasteiger partial charge in [0.15, 0.2) is 0 Å². The number of ketones is 1. The standard InChI is InChI=1S/C25H29NO6/c1-25(2,3)18-14-16(9-10-19(18)32-5)22(28)20-21(15-7-6-8-17(27)13-15)26(11-12-31-4)24(30)23(20)29/h6-10,13-14,21,27-28H,11-12H2,1-5H3/b22-20-. The summed E-state index contributed by atoms with van der Waals surface area (Å²) in [6.45, 7) is 6.44. The highest BCUT2D eigenvalue weighted by molar-refractivity contribution is 6.46. The highest BCUT2D eigenvalue weighted by Gasteiger charge is 2.46. The second-order valence-electron chi connectivity index (χ2n) is 8.75. The minimum Gasteiger partial charge on any atom is -0.508 e. The molecule has 1 aliphatic rings. The number of hydrogen-bond acceptors (Lipinski definition) is 6. The van der Waals surface area contributed by atoms with E-state index < -0.39 is 17.7 Å². The van der Waals surface area contributed by atoms with Crippen molar-refractivity contribution in [2.45, 2.75) is 32.2 Å². The molecule has 7 nitrogen and oxygen atoms in total. The molecule has 0 bridgehead atoms. The van der Waals surface area contributed by atoms with E-state index in [1.54, 1.807) is 37.4 Å². The van der Waals surface area contributed by atoms with Crippen molar-refractivity contribution in [3.63, 3.8) is 0 Å². The van der Waals surface area contributed by atoms with E-state index in [1.807, 2.05) is 20.8 Å². The average molecular weight is 440 g/mol. The number of benzene rings is 2. The fourth-order valence-electron chi connectivity index (χ4n) is 3.94. The fraction of sp³-hybridized carbons (Fsp3) is 0.360. The Labute approximate surface area is 187 Å². The monoisotopic (exact) mass is 439 g/mol. The van der Waals surface area contributed by atoms with Crippen molar-refractivity contribution in [1.82, 2.24) is 4.90 Å². The predicted molar refractivity (Wildman–Crippen MR) is 121 cm³/mol. The smallest absolute Gasteiger partial charge is 0.295 e. The average Bonchev–Trinajstić information content (AvgIpc) is 3.00. The van der Waals surface area contributed by atoms with Crippen molar-refractivity contribution in [1.29, 1.82) is 0 Å². The van der Waals surface area contributed by atoms with Crippen LogP contribution >= 0.6 is 0 Å². The molecule has 0 radical (unpaired) electrons. The number of carbonyl (C=O) groups is 2. The van der Waals surface area contributed by atoms with Crippen LogP contribution in [0.2, 0.25) is 0 Å². The van der Waals surface area contributed by atoms with Gasteiger partial charge >= 0.3 is 0 Å². The molecular formula is C25H29NO6. The first-order chi connectivity index (χ1) is 15.1. The van der Waals surface area contributed by atoms with E-state index >= 15 is 0 Å². The van der Waals surface area contributed by atoms with Gasteiger partial charge in [-0.3, -0.25) is 9.59 Å². The maximum absolute atomic E-state index is 13.0.